The van der Waals surface area contributed by atoms with E-state index in [-0.39, 0.29) is 9.80 Å². The summed E-state index contributed by atoms with van der Waals surface area (Å²) in [5, 5.41) is 8.93. The molecule has 0 aliphatic heterocycles. The molecule has 5 heteroatoms. The molecule has 1 aromatic carbocycles. The highest BCUT2D eigenvalue weighted by atomic mass is 32.2. The molecule has 0 heterocycles. The minimum absolute atomic E-state index is 0.148. The van der Waals surface area contributed by atoms with Crippen molar-refractivity contribution in [1.82, 2.24) is 0 Å². The van der Waals surface area contributed by atoms with E-state index in [1.165, 1.54) is 0 Å². The number of nitrogens with zero attached hydrogens (tertiary/aromatic N) is 1. The number of benzene rings is 1. The van der Waals surface area contributed by atoms with Gasteiger partial charge in [-0.25, -0.2) is 8.42 Å². The van der Waals surface area contributed by atoms with E-state index in [0.717, 1.165) is 11.8 Å². The van der Waals surface area contributed by atoms with Gasteiger partial charge < -0.3 is 4.74 Å². The fraction of sp³-hybridized carbons (Fsp3) is 0.308. The molecular weight excluding hydrogens is 250 g/mol. The molecule has 0 amide bonds. The Bertz CT molecular complexity index is 610. The van der Waals surface area contributed by atoms with E-state index in [0.29, 0.717) is 12.2 Å². The van der Waals surface area contributed by atoms with E-state index >= 15 is 0 Å². The lowest BCUT2D eigenvalue weighted by atomic mass is 10.2. The Morgan fingerprint density at radius 2 is 2.11 bits per heavy atom. The van der Waals surface area contributed by atoms with Crippen molar-refractivity contribution >= 4 is 9.84 Å². The summed E-state index contributed by atoms with van der Waals surface area (Å²) in [6, 6.07) is 6.77. The smallest absolute Gasteiger partial charge is 0.219 e. The second kappa shape index (κ2) is 5.69. The van der Waals surface area contributed by atoms with Crippen molar-refractivity contribution < 1.29 is 13.2 Å². The first kappa shape index (κ1) is 14.3. The molecule has 0 atom stereocenters. The maximum absolute atomic E-state index is 12.3. The zero-order chi connectivity index (χ0) is 13.8. The van der Waals surface area contributed by atoms with E-state index in [2.05, 4.69) is 0 Å². The maximum atomic E-state index is 12.3. The van der Waals surface area contributed by atoms with Gasteiger partial charge in [-0.05, 0) is 38.0 Å². The van der Waals surface area contributed by atoms with Gasteiger partial charge in [0.1, 0.15) is 12.3 Å². The predicted molar refractivity (Wildman–Crippen MR) is 68.4 cm³/mol. The van der Waals surface area contributed by atoms with Crippen LogP contribution in [0.15, 0.2) is 34.3 Å². The molecule has 0 radical (unpaired) electrons. The van der Waals surface area contributed by atoms with Gasteiger partial charge in [0.05, 0.1) is 11.5 Å². The quantitative estimate of drug-likeness (QED) is 0.619. The van der Waals surface area contributed by atoms with Gasteiger partial charge in [0.2, 0.25) is 9.84 Å². The molecule has 1 rings (SSSR count). The maximum Gasteiger partial charge on any atom is 0.219 e. The number of aryl methyl sites for hydroxylation is 2. The van der Waals surface area contributed by atoms with Crippen LogP contribution in [0, 0.1) is 25.2 Å². The fourth-order valence-electron chi connectivity index (χ4n) is 1.42. The summed E-state index contributed by atoms with van der Waals surface area (Å²) >= 11 is 0. The fourth-order valence-corrected chi connectivity index (χ4v) is 2.81. The molecule has 0 aliphatic carbocycles. The molecule has 0 bridgehead atoms. The number of sulfone groups is 1. The van der Waals surface area contributed by atoms with Crippen molar-refractivity contribution in [1.29, 1.82) is 5.26 Å². The molecule has 0 saturated carbocycles. The SMILES string of the molecule is CCO/C=C(\C#N)S(=O)(=O)c1cc(C)ccc1C. The normalized spacial score (nSPS) is 12.0. The number of hydrogen-bond donors (Lipinski definition) is 0. The number of rotatable bonds is 4. The minimum atomic E-state index is -3.80. The van der Waals surface area contributed by atoms with Crippen molar-refractivity contribution in [3.8, 4) is 6.07 Å². The zero-order valence-corrected chi connectivity index (χ0v) is 11.4. The Labute approximate surface area is 107 Å². The summed E-state index contributed by atoms with van der Waals surface area (Å²) in [5.41, 5.74) is 1.44. The van der Waals surface area contributed by atoms with E-state index in [1.807, 2.05) is 6.07 Å². The summed E-state index contributed by atoms with van der Waals surface area (Å²) in [6.45, 7) is 5.53. The lowest BCUT2D eigenvalue weighted by molar-refractivity contribution is 0.268. The Morgan fingerprint density at radius 1 is 1.44 bits per heavy atom. The number of hydrogen-bond acceptors (Lipinski definition) is 4. The molecule has 1 aromatic rings. The lowest BCUT2D eigenvalue weighted by Crippen LogP contribution is -2.06. The van der Waals surface area contributed by atoms with Gasteiger partial charge in [0.25, 0.3) is 0 Å². The summed E-state index contributed by atoms with van der Waals surface area (Å²) in [6.07, 6.45) is 0.997. The van der Waals surface area contributed by atoms with Crippen LogP contribution < -0.4 is 0 Å². The van der Waals surface area contributed by atoms with Crippen LogP contribution in [-0.2, 0) is 14.6 Å². The topological polar surface area (TPSA) is 67.2 Å². The van der Waals surface area contributed by atoms with Crippen LogP contribution in [-0.4, -0.2) is 15.0 Å². The minimum Gasteiger partial charge on any atom is -0.499 e. The van der Waals surface area contributed by atoms with Crippen LogP contribution in [0.2, 0.25) is 0 Å². The van der Waals surface area contributed by atoms with Gasteiger partial charge in [-0.3, -0.25) is 0 Å². The molecule has 0 spiro atoms. The molecule has 0 N–H and O–H groups in total. The van der Waals surface area contributed by atoms with E-state index in [1.54, 1.807) is 39.0 Å². The third kappa shape index (κ3) is 2.90. The van der Waals surface area contributed by atoms with Crippen LogP contribution in [0.5, 0.6) is 0 Å². The molecule has 18 heavy (non-hydrogen) atoms. The number of allylic oxidation sites excluding steroid dienone is 1. The van der Waals surface area contributed by atoms with Crippen molar-refractivity contribution in [2.45, 2.75) is 25.7 Å². The molecular formula is C13H15NO3S. The first-order valence-electron chi connectivity index (χ1n) is 5.47. The van der Waals surface area contributed by atoms with Crippen molar-refractivity contribution in [2.24, 2.45) is 0 Å². The number of ether oxygens (including phenoxy) is 1. The highest BCUT2D eigenvalue weighted by Gasteiger charge is 2.23. The van der Waals surface area contributed by atoms with Gasteiger partial charge in [-0.15, -0.1) is 0 Å². The van der Waals surface area contributed by atoms with Crippen molar-refractivity contribution in [3.05, 3.63) is 40.5 Å². The lowest BCUT2D eigenvalue weighted by Gasteiger charge is -2.07. The molecule has 0 aliphatic rings. The summed E-state index contributed by atoms with van der Waals surface area (Å²) in [5.74, 6) is 0. The first-order valence-corrected chi connectivity index (χ1v) is 6.96. The average Bonchev–Trinajstić information content (AvgIpc) is 2.33. The van der Waals surface area contributed by atoms with Gasteiger partial charge in [-0.2, -0.15) is 5.26 Å². The third-order valence-electron chi connectivity index (χ3n) is 2.39. The van der Waals surface area contributed by atoms with Gasteiger partial charge in [0.15, 0.2) is 4.91 Å². The molecule has 4 nitrogen and oxygen atoms in total. The Hall–Kier alpha value is -1.80. The monoisotopic (exact) mass is 265 g/mol. The second-order valence-corrected chi connectivity index (χ2v) is 5.71. The van der Waals surface area contributed by atoms with Crippen LogP contribution in [0.25, 0.3) is 0 Å². The van der Waals surface area contributed by atoms with E-state index < -0.39 is 9.84 Å². The molecule has 0 aromatic heterocycles. The van der Waals surface area contributed by atoms with Crippen LogP contribution >= 0.6 is 0 Å². The van der Waals surface area contributed by atoms with Gasteiger partial charge in [-0.1, -0.05) is 12.1 Å². The van der Waals surface area contributed by atoms with Crippen molar-refractivity contribution in [3.63, 3.8) is 0 Å². The summed E-state index contributed by atoms with van der Waals surface area (Å²) in [7, 11) is -3.80. The Balaban J connectivity index is 3.38. The van der Waals surface area contributed by atoms with Crippen LogP contribution in [0.1, 0.15) is 18.1 Å². The van der Waals surface area contributed by atoms with E-state index in [9.17, 15) is 8.42 Å². The van der Waals surface area contributed by atoms with E-state index in [4.69, 9.17) is 10.00 Å². The molecule has 96 valence electrons. The Morgan fingerprint density at radius 3 is 2.67 bits per heavy atom. The molecule has 0 fully saturated rings. The highest BCUT2D eigenvalue weighted by molar-refractivity contribution is 7.95. The Kier molecular flexibility index (Phi) is 4.51. The highest BCUT2D eigenvalue weighted by Crippen LogP contribution is 2.23. The average molecular weight is 265 g/mol. The number of nitriles is 1. The second-order valence-electron chi connectivity index (χ2n) is 3.82. The molecule has 0 saturated heterocycles. The summed E-state index contributed by atoms with van der Waals surface area (Å²) < 4.78 is 29.4. The standard InChI is InChI=1S/C13H15NO3S/c1-4-17-9-12(8-14)18(15,16)13-7-10(2)5-6-11(13)3/h5-7,9H,4H2,1-3H3/b12-9+. The molecule has 0 unspecified atom stereocenters. The van der Waals surface area contributed by atoms with Gasteiger partial charge >= 0.3 is 0 Å². The van der Waals surface area contributed by atoms with Gasteiger partial charge in [0, 0.05) is 0 Å². The zero-order valence-electron chi connectivity index (χ0n) is 10.6. The first-order chi connectivity index (χ1) is 8.43. The summed E-state index contributed by atoms with van der Waals surface area (Å²) in [4.78, 5) is -0.229. The predicted octanol–water partition coefficient (Wildman–Crippen LogP) is 2.48. The van der Waals surface area contributed by atoms with Crippen LogP contribution in [0.4, 0.5) is 0 Å². The van der Waals surface area contributed by atoms with Crippen LogP contribution in [0.3, 0.4) is 0 Å². The third-order valence-corrected chi connectivity index (χ3v) is 4.18. The largest absolute Gasteiger partial charge is 0.499 e. The van der Waals surface area contributed by atoms with Crippen molar-refractivity contribution in [2.75, 3.05) is 6.61 Å².